The van der Waals surface area contributed by atoms with Crippen molar-refractivity contribution in [3.05, 3.63) is 0 Å². The summed E-state index contributed by atoms with van der Waals surface area (Å²) in [5.41, 5.74) is -2.94. The molecule has 0 radical (unpaired) electrons. The zero-order chi connectivity index (χ0) is 16.3. The van der Waals surface area contributed by atoms with E-state index in [1.54, 1.807) is 0 Å². The summed E-state index contributed by atoms with van der Waals surface area (Å²) in [5, 5.41) is 35.1. The number of rotatable bonds is 4. The zero-order valence-electron chi connectivity index (χ0n) is 12.1. The van der Waals surface area contributed by atoms with Crippen molar-refractivity contribution in [2.75, 3.05) is 52.4 Å². The molecule has 10 nitrogen and oxygen atoms in total. The van der Waals surface area contributed by atoms with Crippen LogP contribution in [0.5, 0.6) is 0 Å². The van der Waals surface area contributed by atoms with Gasteiger partial charge in [0.15, 0.2) is 0 Å². The Labute approximate surface area is 126 Å². The molecule has 0 aliphatic carbocycles. The van der Waals surface area contributed by atoms with Crippen LogP contribution >= 0.6 is 0 Å². The monoisotopic (exact) mass is 316 g/mol. The van der Waals surface area contributed by atoms with Gasteiger partial charge >= 0.3 is 23.4 Å². The van der Waals surface area contributed by atoms with Crippen molar-refractivity contribution >= 4 is 17.9 Å². The number of carboxylic acids is 3. The second kappa shape index (κ2) is 6.57. The summed E-state index contributed by atoms with van der Waals surface area (Å²) in [7, 11) is 0. The fourth-order valence-electron chi connectivity index (χ4n) is 2.93. The van der Waals surface area contributed by atoms with Gasteiger partial charge in [-0.3, -0.25) is 4.90 Å². The summed E-state index contributed by atoms with van der Waals surface area (Å²) in [5.74, 6) is -5.62. The van der Waals surface area contributed by atoms with Crippen LogP contribution in [0.1, 0.15) is 0 Å². The third-order valence-corrected chi connectivity index (χ3v) is 4.15. The van der Waals surface area contributed by atoms with E-state index in [0.717, 1.165) is 18.0 Å². The molecular formula is C12H20N4O6. The predicted molar refractivity (Wildman–Crippen MR) is 73.2 cm³/mol. The zero-order valence-corrected chi connectivity index (χ0v) is 12.1. The maximum absolute atomic E-state index is 11.4. The van der Waals surface area contributed by atoms with E-state index in [9.17, 15) is 29.7 Å². The highest BCUT2D eigenvalue weighted by Gasteiger charge is 2.59. The molecule has 0 saturated carbocycles. The maximum atomic E-state index is 11.4. The molecule has 0 atom stereocenters. The van der Waals surface area contributed by atoms with Crippen LogP contribution in [0, 0.1) is 0 Å². The third kappa shape index (κ3) is 2.77. The van der Waals surface area contributed by atoms with Gasteiger partial charge in [0.2, 0.25) is 0 Å². The summed E-state index contributed by atoms with van der Waals surface area (Å²) in [6.45, 7) is 3.87. The van der Waals surface area contributed by atoms with Gasteiger partial charge in [0, 0.05) is 52.4 Å². The van der Waals surface area contributed by atoms with Crippen LogP contribution < -0.4 is 5.32 Å². The first-order chi connectivity index (χ1) is 10.4. The Kier molecular flexibility index (Phi) is 4.96. The minimum absolute atomic E-state index is 0.0569. The Hall–Kier alpha value is -1.75. The molecular weight excluding hydrogens is 296 g/mol. The molecule has 22 heavy (non-hydrogen) atoms. The highest BCUT2D eigenvalue weighted by molar-refractivity contribution is 6.21. The first-order valence-corrected chi connectivity index (χ1v) is 7.06. The van der Waals surface area contributed by atoms with E-state index in [4.69, 9.17) is 0 Å². The summed E-state index contributed by atoms with van der Waals surface area (Å²) in [4.78, 5) is 35.4. The first-order valence-electron chi connectivity index (χ1n) is 7.06. The third-order valence-electron chi connectivity index (χ3n) is 4.15. The van der Waals surface area contributed by atoms with Crippen LogP contribution in [-0.2, 0) is 14.4 Å². The van der Waals surface area contributed by atoms with Gasteiger partial charge in [-0.15, -0.1) is 0 Å². The first kappa shape index (κ1) is 16.6. The van der Waals surface area contributed by atoms with Gasteiger partial charge in [0.25, 0.3) is 0 Å². The molecule has 0 aromatic rings. The number of fused-ring (bicyclic) bond motifs is 1. The normalized spacial score (nSPS) is 22.4. The Bertz CT molecular complexity index is 418. The van der Waals surface area contributed by atoms with Crippen molar-refractivity contribution in [1.29, 1.82) is 0 Å². The fraction of sp³-hybridized carbons (Fsp3) is 0.750. The average molecular weight is 316 g/mol. The van der Waals surface area contributed by atoms with E-state index in [2.05, 4.69) is 5.32 Å². The smallest absolute Gasteiger partial charge is 0.347 e. The van der Waals surface area contributed by atoms with E-state index in [1.807, 2.05) is 10.0 Å². The van der Waals surface area contributed by atoms with Gasteiger partial charge in [-0.25, -0.2) is 24.4 Å². The molecule has 0 aromatic heterocycles. The van der Waals surface area contributed by atoms with Gasteiger partial charge in [-0.1, -0.05) is 0 Å². The lowest BCUT2D eigenvalue weighted by Gasteiger charge is -2.32. The van der Waals surface area contributed by atoms with Crippen molar-refractivity contribution in [2.45, 2.75) is 5.54 Å². The van der Waals surface area contributed by atoms with E-state index in [-0.39, 0.29) is 13.1 Å². The van der Waals surface area contributed by atoms with Crippen LogP contribution in [0.25, 0.3) is 0 Å². The number of carbonyl (C=O) groups is 3. The molecule has 10 heteroatoms. The average Bonchev–Trinajstić information content (AvgIpc) is 2.74. The summed E-state index contributed by atoms with van der Waals surface area (Å²) < 4.78 is 0. The highest BCUT2D eigenvalue weighted by Crippen LogP contribution is 2.20. The molecule has 2 aliphatic heterocycles. The van der Waals surface area contributed by atoms with Crippen LogP contribution in [0.3, 0.4) is 0 Å². The number of carboxylic acid groups (broad SMARTS) is 3. The van der Waals surface area contributed by atoms with Crippen LogP contribution in [-0.4, -0.2) is 106 Å². The van der Waals surface area contributed by atoms with Crippen LogP contribution in [0.4, 0.5) is 0 Å². The number of hydrogen-bond acceptors (Lipinski definition) is 7. The van der Waals surface area contributed by atoms with Crippen molar-refractivity contribution < 1.29 is 29.7 Å². The minimum Gasteiger partial charge on any atom is -0.479 e. The van der Waals surface area contributed by atoms with Gasteiger partial charge in [0.05, 0.1) is 0 Å². The molecule has 124 valence electrons. The predicted octanol–water partition coefficient (Wildman–Crippen LogP) is -2.58. The lowest BCUT2D eigenvalue weighted by Crippen LogP contribution is -2.66. The van der Waals surface area contributed by atoms with E-state index in [0.29, 0.717) is 26.2 Å². The van der Waals surface area contributed by atoms with Crippen molar-refractivity contribution in [3.63, 3.8) is 0 Å². The lowest BCUT2D eigenvalue weighted by atomic mass is 9.97. The number of hydrogen-bond donors (Lipinski definition) is 4. The number of nitrogens with one attached hydrogen (secondary N) is 1. The molecule has 0 spiro atoms. The summed E-state index contributed by atoms with van der Waals surface area (Å²) >= 11 is 0. The van der Waals surface area contributed by atoms with Gasteiger partial charge in [-0.2, -0.15) is 0 Å². The van der Waals surface area contributed by atoms with Gasteiger partial charge in [0.1, 0.15) is 0 Å². The number of hydrazine groups is 1. The van der Waals surface area contributed by atoms with Crippen LogP contribution in [0.15, 0.2) is 0 Å². The standard InChI is InChI=1S/C12H20N4O6/c17-9(18)12(10(19)20,11(21)22)14-5-7-15-3-1-13-2-4-16(15)8-6-14/h13H,1-8H2,(H,17,18)(H,19,20)(H,21,22). The molecule has 0 unspecified atom stereocenters. The number of aliphatic carboxylic acids is 3. The van der Waals surface area contributed by atoms with Gasteiger partial charge in [-0.05, 0) is 0 Å². The Morgan fingerprint density at radius 1 is 0.727 bits per heavy atom. The van der Waals surface area contributed by atoms with Crippen molar-refractivity contribution in [3.8, 4) is 0 Å². The van der Waals surface area contributed by atoms with Crippen molar-refractivity contribution in [1.82, 2.24) is 20.2 Å². The molecule has 0 bridgehead atoms. The molecule has 4 N–H and O–H groups in total. The van der Waals surface area contributed by atoms with Crippen LogP contribution in [0.2, 0.25) is 0 Å². The molecule has 2 fully saturated rings. The quantitative estimate of drug-likeness (QED) is 0.410. The Balaban J connectivity index is 2.25. The summed E-state index contributed by atoms with van der Waals surface area (Å²) in [6, 6.07) is 0. The Morgan fingerprint density at radius 2 is 1.14 bits per heavy atom. The summed E-state index contributed by atoms with van der Waals surface area (Å²) in [6.07, 6.45) is 0. The lowest BCUT2D eigenvalue weighted by molar-refractivity contribution is -0.178. The molecule has 2 heterocycles. The minimum atomic E-state index is -2.94. The van der Waals surface area contributed by atoms with E-state index in [1.165, 1.54) is 0 Å². The van der Waals surface area contributed by atoms with E-state index >= 15 is 0 Å². The molecule has 0 aromatic carbocycles. The fourth-order valence-corrected chi connectivity index (χ4v) is 2.93. The SMILES string of the molecule is O=C(O)C(C(=O)O)(C(=O)O)N1CCN2CCNCCN2CC1. The largest absolute Gasteiger partial charge is 0.479 e. The second-order valence-electron chi connectivity index (χ2n) is 5.27. The van der Waals surface area contributed by atoms with Crippen molar-refractivity contribution in [2.24, 2.45) is 0 Å². The topological polar surface area (TPSA) is 134 Å². The maximum Gasteiger partial charge on any atom is 0.347 e. The van der Waals surface area contributed by atoms with E-state index < -0.39 is 23.4 Å². The second-order valence-corrected chi connectivity index (χ2v) is 5.27. The highest BCUT2D eigenvalue weighted by atomic mass is 16.4. The molecule has 2 saturated heterocycles. The molecule has 2 rings (SSSR count). The molecule has 0 amide bonds. The molecule has 2 aliphatic rings. The van der Waals surface area contributed by atoms with Gasteiger partial charge < -0.3 is 20.6 Å². The number of nitrogens with zero attached hydrogens (tertiary/aromatic N) is 3. The Morgan fingerprint density at radius 3 is 1.50 bits per heavy atom.